The molecule has 3 rings (SSSR count). The molecule has 1 amide bonds. The molecule has 1 fully saturated rings. The zero-order valence-electron chi connectivity index (χ0n) is 16.2. The van der Waals surface area contributed by atoms with Gasteiger partial charge in [-0.05, 0) is 38.0 Å². The van der Waals surface area contributed by atoms with Crippen molar-refractivity contribution >= 4 is 22.6 Å². The summed E-state index contributed by atoms with van der Waals surface area (Å²) in [5.74, 6) is -0.0531. The van der Waals surface area contributed by atoms with Crippen LogP contribution in [-0.4, -0.2) is 47.6 Å². The van der Waals surface area contributed by atoms with Gasteiger partial charge < -0.3 is 18.9 Å². The molecule has 0 aliphatic carbocycles. The quantitative estimate of drug-likeness (QED) is 0.712. The largest absolute Gasteiger partial charge is 0.481 e. The van der Waals surface area contributed by atoms with E-state index in [0.29, 0.717) is 16.5 Å². The minimum absolute atomic E-state index is 0.0296. The average Bonchev–Trinajstić information content (AvgIpc) is 2.98. The zero-order valence-corrected chi connectivity index (χ0v) is 16.2. The lowest BCUT2D eigenvalue weighted by molar-refractivity contribution is -0.145. The second-order valence-corrected chi connectivity index (χ2v) is 6.85. The lowest BCUT2D eigenvalue weighted by Gasteiger charge is -2.21. The molecule has 1 aromatic carbocycles. The summed E-state index contributed by atoms with van der Waals surface area (Å²) in [6.45, 7) is 3.34. The molecule has 1 aromatic heterocycles. The fourth-order valence-corrected chi connectivity index (χ4v) is 3.44. The molecule has 0 saturated carbocycles. The van der Waals surface area contributed by atoms with E-state index in [1.165, 1.54) is 4.57 Å². The van der Waals surface area contributed by atoms with Gasteiger partial charge in [0.05, 0.1) is 12.0 Å². The van der Waals surface area contributed by atoms with Crippen LogP contribution in [0.2, 0.25) is 0 Å². The number of carbonyl (C=O) groups excluding carboxylic acids is 2. The molecule has 7 nitrogen and oxygen atoms in total. The molecule has 7 heteroatoms. The standard InChI is InChI=1S/C21H26N2O5/c1-2-27-20(25)15-28-18-9-7-8-17-16(18)10-13-23(21(17)26)14-19(24)22-11-5-3-4-6-12-22/h7-10,13H,2-6,11-12,14-15H2,1H3. The maximum absolute atomic E-state index is 12.9. The Morgan fingerprint density at radius 3 is 2.50 bits per heavy atom. The predicted molar refractivity (Wildman–Crippen MR) is 105 cm³/mol. The smallest absolute Gasteiger partial charge is 0.344 e. The van der Waals surface area contributed by atoms with Gasteiger partial charge in [0.25, 0.3) is 5.56 Å². The number of rotatable bonds is 6. The number of aromatic nitrogens is 1. The fourth-order valence-electron chi connectivity index (χ4n) is 3.44. The Hall–Kier alpha value is -2.83. The van der Waals surface area contributed by atoms with Gasteiger partial charge in [-0.1, -0.05) is 18.9 Å². The van der Waals surface area contributed by atoms with Crippen molar-refractivity contribution in [2.75, 3.05) is 26.3 Å². The molecule has 2 heterocycles. The Balaban J connectivity index is 1.78. The highest BCUT2D eigenvalue weighted by atomic mass is 16.6. The first-order valence-corrected chi connectivity index (χ1v) is 9.78. The van der Waals surface area contributed by atoms with Gasteiger partial charge >= 0.3 is 5.97 Å². The second-order valence-electron chi connectivity index (χ2n) is 6.85. The Kier molecular flexibility index (Phi) is 6.68. The van der Waals surface area contributed by atoms with Gasteiger partial charge in [-0.3, -0.25) is 9.59 Å². The predicted octanol–water partition coefficient (Wildman–Crippen LogP) is 2.35. The number of nitrogens with zero attached hydrogens (tertiary/aromatic N) is 2. The van der Waals surface area contributed by atoms with Gasteiger partial charge in [0, 0.05) is 24.7 Å². The van der Waals surface area contributed by atoms with Crippen LogP contribution in [-0.2, 0) is 20.9 Å². The summed E-state index contributed by atoms with van der Waals surface area (Å²) < 4.78 is 11.8. The van der Waals surface area contributed by atoms with Crippen molar-refractivity contribution in [1.82, 2.24) is 9.47 Å². The fraction of sp³-hybridized carbons (Fsp3) is 0.476. The highest BCUT2D eigenvalue weighted by Gasteiger charge is 2.17. The van der Waals surface area contributed by atoms with E-state index in [9.17, 15) is 14.4 Å². The van der Waals surface area contributed by atoms with Crippen molar-refractivity contribution in [2.24, 2.45) is 0 Å². The van der Waals surface area contributed by atoms with Crippen molar-refractivity contribution in [3.8, 4) is 5.75 Å². The summed E-state index contributed by atoms with van der Waals surface area (Å²) in [6, 6.07) is 6.84. The summed E-state index contributed by atoms with van der Waals surface area (Å²) in [6.07, 6.45) is 5.93. The average molecular weight is 386 g/mol. The van der Waals surface area contributed by atoms with Gasteiger partial charge in [0.2, 0.25) is 5.91 Å². The Bertz CT molecular complexity index is 897. The van der Waals surface area contributed by atoms with Crippen molar-refractivity contribution < 1.29 is 19.1 Å². The molecule has 0 spiro atoms. The minimum atomic E-state index is -0.462. The van der Waals surface area contributed by atoms with E-state index in [2.05, 4.69) is 0 Å². The molecule has 1 aliphatic rings. The summed E-state index contributed by atoms with van der Waals surface area (Å²) in [4.78, 5) is 38.8. The molecule has 0 unspecified atom stereocenters. The monoisotopic (exact) mass is 386 g/mol. The number of hydrogen-bond acceptors (Lipinski definition) is 5. The van der Waals surface area contributed by atoms with E-state index in [1.807, 2.05) is 4.90 Å². The third kappa shape index (κ3) is 4.71. The topological polar surface area (TPSA) is 77.8 Å². The van der Waals surface area contributed by atoms with Gasteiger partial charge in [0.15, 0.2) is 6.61 Å². The molecule has 1 aliphatic heterocycles. The number of esters is 1. The third-order valence-corrected chi connectivity index (χ3v) is 4.89. The molecule has 150 valence electrons. The van der Waals surface area contributed by atoms with Crippen LogP contribution < -0.4 is 10.3 Å². The molecule has 0 radical (unpaired) electrons. The molecule has 2 aromatic rings. The minimum Gasteiger partial charge on any atom is -0.481 e. The second kappa shape index (κ2) is 9.39. The van der Waals surface area contributed by atoms with E-state index >= 15 is 0 Å². The SMILES string of the molecule is CCOC(=O)COc1cccc2c(=O)n(CC(=O)N3CCCCCC3)ccc12. The number of fused-ring (bicyclic) bond motifs is 1. The molecular weight excluding hydrogens is 360 g/mol. The van der Waals surface area contributed by atoms with Crippen LogP contribution in [0.4, 0.5) is 0 Å². The third-order valence-electron chi connectivity index (χ3n) is 4.89. The Labute approximate surface area is 163 Å². The van der Waals surface area contributed by atoms with E-state index in [1.54, 1.807) is 37.4 Å². The highest BCUT2D eigenvalue weighted by Crippen LogP contribution is 2.23. The zero-order chi connectivity index (χ0) is 19.9. The molecule has 0 atom stereocenters. The van der Waals surface area contributed by atoms with Gasteiger partial charge in [-0.25, -0.2) is 4.79 Å². The maximum Gasteiger partial charge on any atom is 0.344 e. The molecule has 0 bridgehead atoms. The molecule has 28 heavy (non-hydrogen) atoms. The van der Waals surface area contributed by atoms with Crippen molar-refractivity contribution in [2.45, 2.75) is 39.2 Å². The lowest BCUT2D eigenvalue weighted by Crippen LogP contribution is -2.37. The summed E-state index contributed by atoms with van der Waals surface area (Å²) >= 11 is 0. The van der Waals surface area contributed by atoms with Crippen molar-refractivity contribution in [3.63, 3.8) is 0 Å². The lowest BCUT2D eigenvalue weighted by atomic mass is 10.1. The molecular formula is C21H26N2O5. The number of benzene rings is 1. The van der Waals surface area contributed by atoms with Crippen molar-refractivity contribution in [3.05, 3.63) is 40.8 Å². The number of hydrogen-bond donors (Lipinski definition) is 0. The maximum atomic E-state index is 12.9. The highest BCUT2D eigenvalue weighted by molar-refractivity contribution is 5.88. The van der Waals surface area contributed by atoms with Gasteiger partial charge in [0.1, 0.15) is 12.3 Å². The normalized spacial score (nSPS) is 14.5. The number of amides is 1. The number of pyridine rings is 1. The van der Waals surface area contributed by atoms with Gasteiger partial charge in [-0.2, -0.15) is 0 Å². The summed E-state index contributed by atoms with van der Waals surface area (Å²) in [5.41, 5.74) is -0.248. The number of likely N-dealkylation sites (tertiary alicyclic amines) is 1. The van der Waals surface area contributed by atoms with Crippen LogP contribution in [0.3, 0.4) is 0 Å². The number of carbonyl (C=O) groups is 2. The van der Waals surface area contributed by atoms with Crippen LogP contribution in [0.25, 0.3) is 10.8 Å². The Morgan fingerprint density at radius 1 is 1.04 bits per heavy atom. The molecule has 1 saturated heterocycles. The van der Waals surface area contributed by atoms with Gasteiger partial charge in [-0.15, -0.1) is 0 Å². The van der Waals surface area contributed by atoms with Crippen LogP contribution in [0, 0.1) is 0 Å². The first-order chi connectivity index (χ1) is 13.6. The van der Waals surface area contributed by atoms with Crippen LogP contribution in [0.15, 0.2) is 35.3 Å². The van der Waals surface area contributed by atoms with Crippen LogP contribution in [0.1, 0.15) is 32.6 Å². The Morgan fingerprint density at radius 2 is 1.79 bits per heavy atom. The van der Waals surface area contributed by atoms with E-state index < -0.39 is 5.97 Å². The summed E-state index contributed by atoms with van der Waals surface area (Å²) in [5, 5.41) is 1.06. The van der Waals surface area contributed by atoms with E-state index in [4.69, 9.17) is 9.47 Å². The van der Waals surface area contributed by atoms with E-state index in [-0.39, 0.29) is 31.2 Å². The number of ether oxygens (including phenoxy) is 2. The summed E-state index contributed by atoms with van der Waals surface area (Å²) in [7, 11) is 0. The van der Waals surface area contributed by atoms with Crippen molar-refractivity contribution in [1.29, 1.82) is 0 Å². The van der Waals surface area contributed by atoms with E-state index in [0.717, 1.165) is 38.8 Å². The first kappa shape index (κ1) is 19.9. The molecule has 0 N–H and O–H groups in total. The van der Waals surface area contributed by atoms with Crippen LogP contribution in [0.5, 0.6) is 5.75 Å². The van der Waals surface area contributed by atoms with Crippen LogP contribution >= 0.6 is 0 Å². The first-order valence-electron chi connectivity index (χ1n) is 9.78.